The topological polar surface area (TPSA) is 24.5 Å². The number of hydrogen-bond donors (Lipinski definition) is 1. The number of anilines is 1. The first-order chi connectivity index (χ1) is 10.2. The van der Waals surface area contributed by atoms with E-state index in [-0.39, 0.29) is 5.54 Å². The molecular weight excluding hydrogens is 284 g/mol. The van der Waals surface area contributed by atoms with E-state index in [1.807, 2.05) is 18.2 Å². The third kappa shape index (κ3) is 3.29. The standard InChI is InChI=1S/C17H25ClN2O/c1-21-16-7-6-14(18)12-15(16)20-11-5-10-19-17(13-20)8-3-2-4-9-17/h6-7,12,19H,2-5,8-11,13H2,1H3. The van der Waals surface area contributed by atoms with E-state index in [2.05, 4.69) is 10.2 Å². The van der Waals surface area contributed by atoms with Crippen LogP contribution in [0, 0.1) is 0 Å². The number of hydrogen-bond acceptors (Lipinski definition) is 3. The first kappa shape index (κ1) is 15.0. The summed E-state index contributed by atoms with van der Waals surface area (Å²) in [6.45, 7) is 3.23. The lowest BCUT2D eigenvalue weighted by Gasteiger charge is -2.40. The Labute approximate surface area is 132 Å². The highest BCUT2D eigenvalue weighted by Gasteiger charge is 2.35. The van der Waals surface area contributed by atoms with Gasteiger partial charge in [0.25, 0.3) is 0 Å². The second-order valence-corrected chi connectivity index (χ2v) is 6.80. The summed E-state index contributed by atoms with van der Waals surface area (Å²) in [7, 11) is 1.74. The molecule has 1 spiro atoms. The molecule has 0 bridgehead atoms. The molecule has 0 aromatic heterocycles. The molecular formula is C17H25ClN2O. The molecule has 3 nitrogen and oxygen atoms in total. The molecule has 3 rings (SSSR count). The van der Waals surface area contributed by atoms with Crippen LogP contribution in [-0.4, -0.2) is 32.3 Å². The second kappa shape index (κ2) is 6.45. The van der Waals surface area contributed by atoms with Crippen LogP contribution in [-0.2, 0) is 0 Å². The van der Waals surface area contributed by atoms with Crippen molar-refractivity contribution >= 4 is 17.3 Å². The van der Waals surface area contributed by atoms with E-state index < -0.39 is 0 Å². The SMILES string of the molecule is COc1ccc(Cl)cc1N1CCCNC2(CCCCC2)C1. The van der Waals surface area contributed by atoms with Crippen molar-refractivity contribution in [2.45, 2.75) is 44.1 Å². The molecule has 1 saturated carbocycles. The largest absolute Gasteiger partial charge is 0.495 e. The van der Waals surface area contributed by atoms with Crippen molar-refractivity contribution in [2.24, 2.45) is 0 Å². The van der Waals surface area contributed by atoms with Crippen molar-refractivity contribution in [3.05, 3.63) is 23.2 Å². The van der Waals surface area contributed by atoms with Gasteiger partial charge in [0.15, 0.2) is 0 Å². The summed E-state index contributed by atoms with van der Waals surface area (Å²) in [6, 6.07) is 5.92. The molecule has 0 unspecified atom stereocenters. The number of halogens is 1. The van der Waals surface area contributed by atoms with Crippen LogP contribution in [0.3, 0.4) is 0 Å². The number of ether oxygens (including phenoxy) is 1. The fraction of sp³-hybridized carbons (Fsp3) is 0.647. The Bertz CT molecular complexity index is 486. The predicted molar refractivity (Wildman–Crippen MR) is 88.7 cm³/mol. The first-order valence-corrected chi connectivity index (χ1v) is 8.44. The molecule has 1 aromatic carbocycles. The van der Waals surface area contributed by atoms with Gasteiger partial charge in [-0.2, -0.15) is 0 Å². The minimum absolute atomic E-state index is 0.280. The predicted octanol–water partition coefficient (Wildman–Crippen LogP) is 3.85. The summed E-state index contributed by atoms with van der Waals surface area (Å²) in [4.78, 5) is 2.47. The lowest BCUT2D eigenvalue weighted by molar-refractivity contribution is 0.246. The van der Waals surface area contributed by atoms with E-state index in [9.17, 15) is 0 Å². The number of methoxy groups -OCH3 is 1. The number of benzene rings is 1. The van der Waals surface area contributed by atoms with Gasteiger partial charge in [-0.25, -0.2) is 0 Å². The van der Waals surface area contributed by atoms with E-state index in [4.69, 9.17) is 16.3 Å². The molecule has 1 N–H and O–H groups in total. The van der Waals surface area contributed by atoms with E-state index >= 15 is 0 Å². The average Bonchev–Trinajstić information content (AvgIpc) is 2.71. The van der Waals surface area contributed by atoms with Gasteiger partial charge in [-0.3, -0.25) is 0 Å². The molecule has 1 heterocycles. The van der Waals surface area contributed by atoms with Crippen molar-refractivity contribution in [2.75, 3.05) is 31.6 Å². The van der Waals surface area contributed by atoms with Crippen LogP contribution in [0.5, 0.6) is 5.75 Å². The lowest BCUT2D eigenvalue weighted by atomic mass is 9.81. The highest BCUT2D eigenvalue weighted by Crippen LogP contribution is 2.36. The fourth-order valence-electron chi connectivity index (χ4n) is 3.80. The monoisotopic (exact) mass is 308 g/mol. The minimum atomic E-state index is 0.280. The molecule has 0 atom stereocenters. The van der Waals surface area contributed by atoms with Crippen LogP contribution in [0.2, 0.25) is 5.02 Å². The van der Waals surface area contributed by atoms with E-state index in [1.54, 1.807) is 7.11 Å². The molecule has 116 valence electrons. The maximum atomic E-state index is 6.21. The van der Waals surface area contributed by atoms with Gasteiger partial charge < -0.3 is 15.0 Å². The smallest absolute Gasteiger partial charge is 0.142 e. The molecule has 0 radical (unpaired) electrons. The Morgan fingerprint density at radius 1 is 1.19 bits per heavy atom. The highest BCUT2D eigenvalue weighted by molar-refractivity contribution is 6.30. The third-order valence-electron chi connectivity index (χ3n) is 4.89. The second-order valence-electron chi connectivity index (χ2n) is 6.36. The molecule has 1 aliphatic heterocycles. The molecule has 2 fully saturated rings. The Morgan fingerprint density at radius 3 is 2.76 bits per heavy atom. The Morgan fingerprint density at radius 2 is 2.00 bits per heavy atom. The summed E-state index contributed by atoms with van der Waals surface area (Å²) in [5, 5.41) is 4.61. The van der Waals surface area contributed by atoms with E-state index in [1.165, 1.54) is 32.1 Å². The summed E-state index contributed by atoms with van der Waals surface area (Å²) in [5.41, 5.74) is 1.42. The number of rotatable bonds is 2. The summed E-state index contributed by atoms with van der Waals surface area (Å²) in [5.74, 6) is 0.923. The van der Waals surface area contributed by atoms with Gasteiger partial charge in [0, 0.05) is 23.7 Å². The van der Waals surface area contributed by atoms with Crippen LogP contribution < -0.4 is 15.0 Å². The molecule has 1 aliphatic carbocycles. The zero-order valence-corrected chi connectivity index (χ0v) is 13.6. The van der Waals surface area contributed by atoms with Crippen LogP contribution in [0.4, 0.5) is 5.69 Å². The molecule has 2 aliphatic rings. The first-order valence-electron chi connectivity index (χ1n) is 8.06. The zero-order valence-electron chi connectivity index (χ0n) is 12.8. The minimum Gasteiger partial charge on any atom is -0.495 e. The van der Waals surface area contributed by atoms with Crippen molar-refractivity contribution in [3.63, 3.8) is 0 Å². The Balaban J connectivity index is 1.88. The normalized spacial score (nSPS) is 22.1. The molecule has 1 saturated heterocycles. The summed E-state index contributed by atoms with van der Waals surface area (Å²) >= 11 is 6.21. The molecule has 1 aromatic rings. The molecule has 0 amide bonds. The Kier molecular flexibility index (Phi) is 4.60. The molecule has 4 heteroatoms. The number of nitrogens with one attached hydrogen (secondary N) is 1. The maximum Gasteiger partial charge on any atom is 0.142 e. The zero-order chi connectivity index (χ0) is 14.7. The van der Waals surface area contributed by atoms with Gasteiger partial charge in [-0.05, 0) is 44.0 Å². The van der Waals surface area contributed by atoms with Crippen LogP contribution in [0.25, 0.3) is 0 Å². The van der Waals surface area contributed by atoms with Crippen molar-refractivity contribution < 1.29 is 4.74 Å². The summed E-state index contributed by atoms with van der Waals surface area (Å²) in [6.07, 6.45) is 7.79. The van der Waals surface area contributed by atoms with E-state index in [0.29, 0.717) is 0 Å². The van der Waals surface area contributed by atoms with Crippen molar-refractivity contribution in [1.29, 1.82) is 0 Å². The summed E-state index contributed by atoms with van der Waals surface area (Å²) < 4.78 is 5.55. The van der Waals surface area contributed by atoms with Gasteiger partial charge in [0.05, 0.1) is 12.8 Å². The molecule has 21 heavy (non-hydrogen) atoms. The van der Waals surface area contributed by atoms with Gasteiger partial charge in [0.1, 0.15) is 5.75 Å². The van der Waals surface area contributed by atoms with Crippen LogP contribution in [0.1, 0.15) is 38.5 Å². The Hall–Kier alpha value is -0.930. The third-order valence-corrected chi connectivity index (χ3v) is 5.13. The van der Waals surface area contributed by atoms with E-state index in [0.717, 1.165) is 42.5 Å². The number of nitrogens with zero attached hydrogens (tertiary/aromatic N) is 1. The maximum absolute atomic E-state index is 6.21. The average molecular weight is 309 g/mol. The van der Waals surface area contributed by atoms with Gasteiger partial charge in [-0.1, -0.05) is 30.9 Å². The highest BCUT2D eigenvalue weighted by atomic mass is 35.5. The lowest BCUT2D eigenvalue weighted by Crippen LogP contribution is -2.52. The van der Waals surface area contributed by atoms with Crippen LogP contribution >= 0.6 is 11.6 Å². The fourth-order valence-corrected chi connectivity index (χ4v) is 3.97. The van der Waals surface area contributed by atoms with Gasteiger partial charge >= 0.3 is 0 Å². The quantitative estimate of drug-likeness (QED) is 0.898. The van der Waals surface area contributed by atoms with Gasteiger partial charge in [0.2, 0.25) is 0 Å². The van der Waals surface area contributed by atoms with Crippen molar-refractivity contribution in [1.82, 2.24) is 5.32 Å². The van der Waals surface area contributed by atoms with Gasteiger partial charge in [-0.15, -0.1) is 0 Å². The van der Waals surface area contributed by atoms with Crippen molar-refractivity contribution in [3.8, 4) is 5.75 Å². The van der Waals surface area contributed by atoms with Crippen LogP contribution in [0.15, 0.2) is 18.2 Å².